The van der Waals surface area contributed by atoms with Crippen LogP contribution in [0.2, 0.25) is 0 Å². The molecule has 0 bridgehead atoms. The molecule has 1 rings (SSSR count). The van der Waals surface area contributed by atoms with Gasteiger partial charge in [-0.05, 0) is 6.92 Å². The molecule has 2 N–H and O–H groups in total. The lowest BCUT2D eigenvalue weighted by Crippen LogP contribution is -2.39. The van der Waals surface area contributed by atoms with Crippen LogP contribution in [0.15, 0.2) is 0 Å². The average Bonchev–Trinajstić information content (AvgIpc) is 1.90. The molecule has 0 aromatic rings. The number of carboxylic acid groups (broad SMARTS) is 1. The maximum Gasteiger partial charge on any atom is 0.0383 e. The minimum atomic E-state index is -1.08. The fourth-order valence-corrected chi connectivity index (χ4v) is 0.604. The van der Waals surface area contributed by atoms with Crippen molar-refractivity contribution in [1.29, 1.82) is 0 Å². The van der Waals surface area contributed by atoms with Crippen molar-refractivity contribution in [3.63, 3.8) is 0 Å². The highest BCUT2D eigenvalue weighted by Gasteiger charge is 1.91. The molecule has 0 aromatic carbocycles. The molecule has 1 fully saturated rings. The Morgan fingerprint density at radius 1 is 1.20 bits per heavy atom. The summed E-state index contributed by atoms with van der Waals surface area (Å²) >= 11 is 0. The van der Waals surface area contributed by atoms with Gasteiger partial charge in [-0.2, -0.15) is 0 Å². The van der Waals surface area contributed by atoms with E-state index in [1.807, 2.05) is 0 Å². The van der Waals surface area contributed by atoms with Gasteiger partial charge < -0.3 is 20.5 Å². The topological polar surface area (TPSA) is 64.2 Å². The Balaban J connectivity index is 0.000000180. The van der Waals surface area contributed by atoms with E-state index in [4.69, 9.17) is 9.90 Å². The molecular formula is C6H13N2O2-. The van der Waals surface area contributed by atoms with Gasteiger partial charge in [-0.25, -0.2) is 0 Å². The van der Waals surface area contributed by atoms with E-state index in [1.54, 1.807) is 0 Å². The molecule has 10 heavy (non-hydrogen) atoms. The maximum absolute atomic E-state index is 8.89. The Kier molecular flexibility index (Phi) is 6.11. The first-order valence-corrected chi connectivity index (χ1v) is 3.32. The Hall–Kier alpha value is -0.610. The Morgan fingerprint density at radius 2 is 1.40 bits per heavy atom. The second-order valence-corrected chi connectivity index (χ2v) is 1.99. The third-order valence-corrected chi connectivity index (χ3v) is 0.957. The van der Waals surface area contributed by atoms with E-state index >= 15 is 0 Å². The van der Waals surface area contributed by atoms with E-state index < -0.39 is 5.97 Å². The highest BCUT2D eigenvalue weighted by molar-refractivity contribution is 5.60. The van der Waals surface area contributed by atoms with Crippen LogP contribution in [0.1, 0.15) is 6.92 Å². The van der Waals surface area contributed by atoms with Crippen LogP contribution in [-0.2, 0) is 4.79 Å². The summed E-state index contributed by atoms with van der Waals surface area (Å²) in [5, 5.41) is 15.3. The standard InChI is InChI=1S/C4H10N2.C2H4O2/c1-2-6-4-3-5-1;1-2(3)4/h5-6H,1-4H2;1H3,(H,3,4)/p-1. The van der Waals surface area contributed by atoms with Gasteiger partial charge in [0, 0.05) is 32.1 Å². The predicted octanol–water partition coefficient (Wildman–Crippen LogP) is -2.06. The zero-order valence-electron chi connectivity index (χ0n) is 6.14. The molecular weight excluding hydrogens is 132 g/mol. The third-order valence-electron chi connectivity index (χ3n) is 0.957. The van der Waals surface area contributed by atoms with Crippen LogP contribution in [0.4, 0.5) is 0 Å². The first kappa shape index (κ1) is 9.39. The Labute approximate surface area is 60.6 Å². The van der Waals surface area contributed by atoms with Crippen molar-refractivity contribution in [2.75, 3.05) is 26.2 Å². The molecule has 4 nitrogen and oxygen atoms in total. The first-order valence-electron chi connectivity index (χ1n) is 3.32. The number of carbonyl (C=O) groups excluding carboxylic acids is 1. The van der Waals surface area contributed by atoms with Crippen LogP contribution < -0.4 is 15.7 Å². The van der Waals surface area contributed by atoms with Gasteiger partial charge in [0.25, 0.3) is 0 Å². The number of hydrogen-bond donors (Lipinski definition) is 2. The lowest BCUT2D eigenvalue weighted by molar-refractivity contribution is -0.302. The van der Waals surface area contributed by atoms with E-state index in [0.717, 1.165) is 33.1 Å². The molecule has 0 unspecified atom stereocenters. The van der Waals surface area contributed by atoms with E-state index in [-0.39, 0.29) is 0 Å². The van der Waals surface area contributed by atoms with Crippen molar-refractivity contribution in [2.45, 2.75) is 6.92 Å². The predicted molar refractivity (Wildman–Crippen MR) is 36.4 cm³/mol. The van der Waals surface area contributed by atoms with Crippen molar-refractivity contribution in [3.8, 4) is 0 Å². The summed E-state index contributed by atoms with van der Waals surface area (Å²) in [5.41, 5.74) is 0. The molecule has 0 amide bonds. The summed E-state index contributed by atoms with van der Waals surface area (Å²) in [5.74, 6) is -1.08. The van der Waals surface area contributed by atoms with Gasteiger partial charge in [-0.3, -0.25) is 0 Å². The minimum Gasteiger partial charge on any atom is -0.550 e. The number of carbonyl (C=O) groups is 1. The van der Waals surface area contributed by atoms with Gasteiger partial charge in [0.15, 0.2) is 0 Å². The fourth-order valence-electron chi connectivity index (χ4n) is 0.604. The van der Waals surface area contributed by atoms with E-state index in [9.17, 15) is 0 Å². The minimum absolute atomic E-state index is 0.972. The molecule has 1 aliphatic rings. The maximum atomic E-state index is 8.89. The monoisotopic (exact) mass is 145 g/mol. The Morgan fingerprint density at radius 3 is 1.50 bits per heavy atom. The first-order chi connectivity index (χ1) is 4.73. The van der Waals surface area contributed by atoms with Gasteiger partial charge in [0.05, 0.1) is 0 Å². The van der Waals surface area contributed by atoms with Crippen molar-refractivity contribution in [2.24, 2.45) is 0 Å². The molecule has 4 heteroatoms. The van der Waals surface area contributed by atoms with E-state index in [2.05, 4.69) is 10.6 Å². The van der Waals surface area contributed by atoms with Crippen LogP contribution in [-0.4, -0.2) is 32.1 Å². The molecule has 1 aliphatic heterocycles. The van der Waals surface area contributed by atoms with Crippen LogP contribution in [0.3, 0.4) is 0 Å². The van der Waals surface area contributed by atoms with Gasteiger partial charge >= 0.3 is 0 Å². The highest BCUT2D eigenvalue weighted by atomic mass is 16.4. The second-order valence-electron chi connectivity index (χ2n) is 1.99. The Bertz CT molecular complexity index is 76.2. The summed E-state index contributed by atoms with van der Waals surface area (Å²) in [7, 11) is 0. The molecule has 0 aliphatic carbocycles. The molecule has 60 valence electrons. The third kappa shape index (κ3) is 10.4. The molecule has 1 heterocycles. The normalized spacial score (nSPS) is 16.9. The second kappa shape index (κ2) is 6.51. The summed E-state index contributed by atoms with van der Waals surface area (Å²) in [4.78, 5) is 8.89. The fraction of sp³-hybridized carbons (Fsp3) is 0.833. The number of carboxylic acids is 1. The van der Waals surface area contributed by atoms with Crippen LogP contribution in [0, 0.1) is 0 Å². The summed E-state index contributed by atoms with van der Waals surface area (Å²) in [6.45, 7) is 5.53. The van der Waals surface area contributed by atoms with Crippen molar-refractivity contribution < 1.29 is 9.90 Å². The summed E-state index contributed by atoms with van der Waals surface area (Å²) < 4.78 is 0. The number of hydrogen-bond acceptors (Lipinski definition) is 4. The van der Waals surface area contributed by atoms with Crippen molar-refractivity contribution in [1.82, 2.24) is 10.6 Å². The molecule has 0 radical (unpaired) electrons. The molecule has 0 atom stereocenters. The zero-order chi connectivity index (χ0) is 7.82. The SMILES string of the molecule is C1CNCCN1.CC(=O)[O-]. The number of piperazine rings is 1. The lowest BCUT2D eigenvalue weighted by Gasteiger charge is -2.11. The number of aliphatic carboxylic acids is 1. The van der Waals surface area contributed by atoms with Gasteiger partial charge in [-0.1, -0.05) is 0 Å². The molecule has 0 spiro atoms. The average molecular weight is 145 g/mol. The largest absolute Gasteiger partial charge is 0.550 e. The quantitative estimate of drug-likeness (QED) is 0.411. The van der Waals surface area contributed by atoms with Gasteiger partial charge in [-0.15, -0.1) is 0 Å². The van der Waals surface area contributed by atoms with E-state index in [0.29, 0.717) is 0 Å². The number of rotatable bonds is 0. The zero-order valence-corrected chi connectivity index (χ0v) is 6.14. The van der Waals surface area contributed by atoms with Crippen molar-refractivity contribution >= 4 is 5.97 Å². The van der Waals surface area contributed by atoms with Crippen molar-refractivity contribution in [3.05, 3.63) is 0 Å². The summed E-state index contributed by atoms with van der Waals surface area (Å²) in [6, 6.07) is 0. The lowest BCUT2D eigenvalue weighted by atomic mass is 10.4. The van der Waals surface area contributed by atoms with Gasteiger partial charge in [0.2, 0.25) is 0 Å². The van der Waals surface area contributed by atoms with Crippen LogP contribution in [0.5, 0.6) is 0 Å². The highest BCUT2D eigenvalue weighted by Crippen LogP contribution is 1.65. The summed E-state index contributed by atoms with van der Waals surface area (Å²) in [6.07, 6.45) is 0. The molecule has 0 saturated carbocycles. The molecule has 1 saturated heterocycles. The molecule has 0 aromatic heterocycles. The van der Waals surface area contributed by atoms with Crippen LogP contribution in [0.25, 0.3) is 0 Å². The number of nitrogens with one attached hydrogen (secondary N) is 2. The smallest absolute Gasteiger partial charge is 0.0383 e. The van der Waals surface area contributed by atoms with Crippen LogP contribution >= 0.6 is 0 Å². The van der Waals surface area contributed by atoms with E-state index in [1.165, 1.54) is 0 Å². The van der Waals surface area contributed by atoms with Gasteiger partial charge in [0.1, 0.15) is 0 Å².